The highest BCUT2D eigenvalue weighted by molar-refractivity contribution is 5.91. The van der Waals surface area contributed by atoms with E-state index in [0.29, 0.717) is 26.3 Å². The molecule has 1 N–H and O–H groups in total. The van der Waals surface area contributed by atoms with Crippen LogP contribution in [0.5, 0.6) is 0 Å². The fourth-order valence-corrected chi connectivity index (χ4v) is 3.72. The smallest absolute Gasteiger partial charge is 0.273 e. The van der Waals surface area contributed by atoms with Crippen LogP contribution in [0.4, 0.5) is 4.39 Å². The van der Waals surface area contributed by atoms with E-state index in [4.69, 9.17) is 4.74 Å². The standard InChI is InChI=1S/C22H23FN4O2/c23-19-8-6-17(7-9-19)14-27-15-20(25-26-27)21(28)24-16-22(10-12-29-13-11-22)18-4-2-1-3-5-18/h1-9,15H,10-14,16H2,(H,24,28). The van der Waals surface area contributed by atoms with Crippen molar-refractivity contribution in [3.8, 4) is 0 Å². The number of hydrogen-bond acceptors (Lipinski definition) is 4. The minimum Gasteiger partial charge on any atom is -0.381 e. The van der Waals surface area contributed by atoms with Crippen molar-refractivity contribution in [3.05, 3.63) is 83.4 Å². The molecule has 0 aliphatic carbocycles. The summed E-state index contributed by atoms with van der Waals surface area (Å²) in [6, 6.07) is 16.4. The second kappa shape index (κ2) is 8.53. The summed E-state index contributed by atoms with van der Waals surface area (Å²) in [5, 5.41) is 11.0. The molecule has 0 spiro atoms. The Kier molecular flexibility index (Phi) is 5.67. The van der Waals surface area contributed by atoms with Crippen molar-refractivity contribution in [2.24, 2.45) is 0 Å². The molecule has 1 saturated heterocycles. The lowest BCUT2D eigenvalue weighted by Crippen LogP contribution is -2.44. The minimum atomic E-state index is -0.284. The van der Waals surface area contributed by atoms with Crippen LogP contribution in [0, 0.1) is 5.82 Å². The molecule has 6 nitrogen and oxygen atoms in total. The lowest BCUT2D eigenvalue weighted by molar-refractivity contribution is 0.0486. The summed E-state index contributed by atoms with van der Waals surface area (Å²) in [6.07, 6.45) is 3.32. The number of carbonyl (C=O) groups is 1. The van der Waals surface area contributed by atoms with Gasteiger partial charge in [0.15, 0.2) is 5.69 Å². The number of nitrogens with one attached hydrogen (secondary N) is 1. The molecule has 4 rings (SSSR count). The summed E-state index contributed by atoms with van der Waals surface area (Å²) < 4.78 is 20.1. The molecule has 1 aliphatic rings. The van der Waals surface area contributed by atoms with Crippen molar-refractivity contribution in [2.45, 2.75) is 24.8 Å². The summed E-state index contributed by atoms with van der Waals surface area (Å²) in [4.78, 5) is 12.7. The Hall–Kier alpha value is -3.06. The predicted molar refractivity (Wildman–Crippen MR) is 106 cm³/mol. The molecule has 0 atom stereocenters. The largest absolute Gasteiger partial charge is 0.381 e. The maximum absolute atomic E-state index is 13.0. The molecule has 0 saturated carbocycles. The maximum Gasteiger partial charge on any atom is 0.273 e. The molecule has 2 heterocycles. The third kappa shape index (κ3) is 4.51. The monoisotopic (exact) mass is 394 g/mol. The molecule has 2 aromatic carbocycles. The van der Waals surface area contributed by atoms with E-state index in [1.807, 2.05) is 18.2 Å². The summed E-state index contributed by atoms with van der Waals surface area (Å²) in [7, 11) is 0. The number of rotatable bonds is 6. The van der Waals surface area contributed by atoms with Crippen LogP contribution < -0.4 is 5.32 Å². The fraction of sp³-hybridized carbons (Fsp3) is 0.318. The van der Waals surface area contributed by atoms with E-state index in [0.717, 1.165) is 18.4 Å². The van der Waals surface area contributed by atoms with Crippen molar-refractivity contribution >= 4 is 5.91 Å². The Labute approximate surface area is 168 Å². The molecule has 1 fully saturated rings. The number of hydrogen-bond donors (Lipinski definition) is 1. The number of benzene rings is 2. The minimum absolute atomic E-state index is 0.140. The van der Waals surface area contributed by atoms with E-state index in [1.54, 1.807) is 23.0 Å². The van der Waals surface area contributed by atoms with E-state index in [1.165, 1.54) is 17.7 Å². The highest BCUT2D eigenvalue weighted by Gasteiger charge is 2.35. The number of carbonyl (C=O) groups excluding carboxylic acids is 1. The first-order valence-corrected chi connectivity index (χ1v) is 9.71. The van der Waals surface area contributed by atoms with Crippen LogP contribution in [-0.2, 0) is 16.7 Å². The van der Waals surface area contributed by atoms with E-state index in [9.17, 15) is 9.18 Å². The second-order valence-corrected chi connectivity index (χ2v) is 7.37. The first-order valence-electron chi connectivity index (χ1n) is 9.71. The third-order valence-corrected chi connectivity index (χ3v) is 5.45. The van der Waals surface area contributed by atoms with Gasteiger partial charge in [-0.05, 0) is 36.1 Å². The lowest BCUT2D eigenvalue weighted by Gasteiger charge is -2.37. The normalized spacial score (nSPS) is 15.8. The molecule has 0 bridgehead atoms. The van der Waals surface area contributed by atoms with Gasteiger partial charge in [0.2, 0.25) is 0 Å². The highest BCUT2D eigenvalue weighted by Crippen LogP contribution is 2.34. The highest BCUT2D eigenvalue weighted by atomic mass is 19.1. The number of amides is 1. The lowest BCUT2D eigenvalue weighted by atomic mass is 9.74. The van der Waals surface area contributed by atoms with Gasteiger partial charge in [0.05, 0.1) is 12.7 Å². The second-order valence-electron chi connectivity index (χ2n) is 7.37. The molecular weight excluding hydrogens is 371 g/mol. The van der Waals surface area contributed by atoms with Gasteiger partial charge in [0.1, 0.15) is 5.82 Å². The molecule has 150 valence electrons. The van der Waals surface area contributed by atoms with Gasteiger partial charge in [0.25, 0.3) is 5.91 Å². The van der Waals surface area contributed by atoms with Crippen molar-refractivity contribution in [1.82, 2.24) is 20.3 Å². The van der Waals surface area contributed by atoms with E-state index in [-0.39, 0.29) is 22.8 Å². The number of halogens is 1. The van der Waals surface area contributed by atoms with Gasteiger partial charge in [-0.25, -0.2) is 9.07 Å². The Morgan fingerprint density at radius 3 is 2.55 bits per heavy atom. The van der Waals surface area contributed by atoms with Crippen molar-refractivity contribution in [1.29, 1.82) is 0 Å². The first kappa shape index (κ1) is 19.3. The SMILES string of the molecule is O=C(NCC1(c2ccccc2)CCOCC1)c1cn(Cc2ccc(F)cc2)nn1. The third-order valence-electron chi connectivity index (χ3n) is 5.45. The molecular formula is C22H23FN4O2. The van der Waals surface area contributed by atoms with Gasteiger partial charge in [-0.2, -0.15) is 0 Å². The average Bonchev–Trinajstić information content (AvgIpc) is 3.24. The molecule has 1 aliphatic heterocycles. The summed E-state index contributed by atoms with van der Waals surface area (Å²) in [5.74, 6) is -0.537. The first-order chi connectivity index (χ1) is 14.1. The van der Waals surface area contributed by atoms with Crippen molar-refractivity contribution < 1.29 is 13.9 Å². The van der Waals surface area contributed by atoms with E-state index >= 15 is 0 Å². The van der Waals surface area contributed by atoms with Gasteiger partial charge in [0, 0.05) is 25.2 Å². The zero-order valence-corrected chi connectivity index (χ0v) is 16.1. The van der Waals surface area contributed by atoms with Crippen LogP contribution in [0.3, 0.4) is 0 Å². The zero-order chi connectivity index (χ0) is 20.1. The Morgan fingerprint density at radius 2 is 1.83 bits per heavy atom. The van der Waals surface area contributed by atoms with E-state index < -0.39 is 0 Å². The van der Waals surface area contributed by atoms with Crippen LogP contribution in [0.2, 0.25) is 0 Å². The Balaban J connectivity index is 1.42. The molecule has 1 aromatic heterocycles. The number of nitrogens with zero attached hydrogens (tertiary/aromatic N) is 3. The van der Waals surface area contributed by atoms with Gasteiger partial charge in [-0.1, -0.05) is 47.7 Å². The van der Waals surface area contributed by atoms with Crippen LogP contribution in [0.25, 0.3) is 0 Å². The van der Waals surface area contributed by atoms with Gasteiger partial charge in [-0.3, -0.25) is 4.79 Å². The Bertz CT molecular complexity index is 950. The van der Waals surface area contributed by atoms with Crippen LogP contribution in [-0.4, -0.2) is 40.7 Å². The van der Waals surface area contributed by atoms with Gasteiger partial charge < -0.3 is 10.1 Å². The van der Waals surface area contributed by atoms with Gasteiger partial charge in [-0.15, -0.1) is 5.10 Å². The summed E-state index contributed by atoms with van der Waals surface area (Å²) >= 11 is 0. The van der Waals surface area contributed by atoms with Crippen LogP contribution in [0.1, 0.15) is 34.5 Å². The van der Waals surface area contributed by atoms with Gasteiger partial charge >= 0.3 is 0 Å². The molecule has 1 amide bonds. The van der Waals surface area contributed by atoms with Crippen molar-refractivity contribution in [2.75, 3.05) is 19.8 Å². The fourth-order valence-electron chi connectivity index (χ4n) is 3.72. The molecule has 0 unspecified atom stereocenters. The van der Waals surface area contributed by atoms with Crippen molar-refractivity contribution in [3.63, 3.8) is 0 Å². The molecule has 3 aromatic rings. The molecule has 7 heteroatoms. The summed E-state index contributed by atoms with van der Waals surface area (Å²) in [6.45, 7) is 2.30. The number of ether oxygens (including phenoxy) is 1. The molecule has 0 radical (unpaired) electrons. The average molecular weight is 394 g/mol. The van der Waals surface area contributed by atoms with Crippen LogP contribution >= 0.6 is 0 Å². The molecule has 29 heavy (non-hydrogen) atoms. The number of aromatic nitrogens is 3. The topological polar surface area (TPSA) is 69.0 Å². The Morgan fingerprint density at radius 1 is 1.10 bits per heavy atom. The van der Waals surface area contributed by atoms with E-state index in [2.05, 4.69) is 27.8 Å². The quantitative estimate of drug-likeness (QED) is 0.698. The van der Waals surface area contributed by atoms with Crippen LogP contribution in [0.15, 0.2) is 60.8 Å². The maximum atomic E-state index is 13.0. The summed E-state index contributed by atoms with van der Waals surface area (Å²) in [5.41, 5.74) is 2.22. The predicted octanol–water partition coefficient (Wildman–Crippen LogP) is 2.94. The zero-order valence-electron chi connectivity index (χ0n) is 16.1.